The van der Waals surface area contributed by atoms with E-state index in [9.17, 15) is 9.59 Å². The van der Waals surface area contributed by atoms with Crippen molar-refractivity contribution in [3.63, 3.8) is 0 Å². The second-order valence-corrected chi connectivity index (χ2v) is 5.16. The van der Waals surface area contributed by atoms with E-state index < -0.39 is 0 Å². The second-order valence-electron chi connectivity index (χ2n) is 5.16. The van der Waals surface area contributed by atoms with Crippen LogP contribution >= 0.6 is 0 Å². The Morgan fingerprint density at radius 3 is 2.50 bits per heavy atom. The fraction of sp³-hybridized carbons (Fsp3) is 0.353. The summed E-state index contributed by atoms with van der Waals surface area (Å²) in [5.74, 6) is -0.121. The number of amides is 1. The third kappa shape index (κ3) is 3.24. The lowest BCUT2D eigenvalue weighted by Gasteiger charge is -2.30. The van der Waals surface area contributed by atoms with Crippen LogP contribution in [0.4, 0.5) is 0 Å². The van der Waals surface area contributed by atoms with Crippen molar-refractivity contribution in [2.24, 2.45) is 7.05 Å². The van der Waals surface area contributed by atoms with Crippen molar-refractivity contribution in [3.05, 3.63) is 64.3 Å². The van der Waals surface area contributed by atoms with Crippen molar-refractivity contribution in [3.8, 4) is 0 Å². The van der Waals surface area contributed by atoms with Gasteiger partial charge in [-0.1, -0.05) is 6.92 Å². The predicted molar refractivity (Wildman–Crippen MR) is 85.7 cm³/mol. The smallest absolute Gasteiger partial charge is 0.254 e. The number of aromatic nitrogens is 2. The highest BCUT2D eigenvalue weighted by atomic mass is 16.2. The molecule has 2 aromatic rings. The zero-order valence-corrected chi connectivity index (χ0v) is 13.2. The number of hydrogen-bond acceptors (Lipinski definition) is 3. The molecule has 0 N–H and O–H groups in total. The molecule has 2 rings (SSSR count). The number of rotatable bonds is 5. The molecule has 0 bridgehead atoms. The molecule has 1 atom stereocenters. The van der Waals surface area contributed by atoms with E-state index in [1.807, 2.05) is 26.0 Å². The van der Waals surface area contributed by atoms with Gasteiger partial charge in [-0.3, -0.25) is 14.6 Å². The van der Waals surface area contributed by atoms with Crippen LogP contribution in [0.5, 0.6) is 0 Å². The molecule has 1 amide bonds. The first-order chi connectivity index (χ1) is 10.6. The van der Waals surface area contributed by atoms with E-state index in [2.05, 4.69) is 4.98 Å². The van der Waals surface area contributed by atoms with Crippen LogP contribution < -0.4 is 5.56 Å². The normalized spacial score (nSPS) is 12.0. The van der Waals surface area contributed by atoms with Gasteiger partial charge in [-0.2, -0.15) is 0 Å². The number of pyridine rings is 2. The molecule has 116 valence electrons. The molecular formula is C17H21N3O2. The monoisotopic (exact) mass is 299 g/mol. The van der Waals surface area contributed by atoms with Crippen LogP contribution in [-0.4, -0.2) is 26.9 Å². The minimum Gasteiger partial charge on any atom is -0.332 e. The van der Waals surface area contributed by atoms with Gasteiger partial charge in [-0.15, -0.1) is 0 Å². The fourth-order valence-electron chi connectivity index (χ4n) is 2.57. The van der Waals surface area contributed by atoms with Crippen LogP contribution in [0.25, 0.3) is 0 Å². The van der Waals surface area contributed by atoms with Gasteiger partial charge >= 0.3 is 0 Å². The largest absolute Gasteiger partial charge is 0.332 e. The average Bonchev–Trinajstić information content (AvgIpc) is 2.55. The topological polar surface area (TPSA) is 55.2 Å². The standard InChI is InChI=1S/C17H21N3O2/c1-4-15(13-6-9-18-10-7-13)20(5-2)17(22)14-8-11-19(3)16(21)12-14/h6-12,15H,4-5H2,1-3H3/t15-/m0/s1. The van der Waals surface area contributed by atoms with Gasteiger partial charge in [-0.25, -0.2) is 0 Å². The first kappa shape index (κ1) is 15.9. The van der Waals surface area contributed by atoms with Gasteiger partial charge in [0, 0.05) is 43.8 Å². The van der Waals surface area contributed by atoms with E-state index in [1.165, 1.54) is 10.6 Å². The van der Waals surface area contributed by atoms with E-state index in [4.69, 9.17) is 0 Å². The number of hydrogen-bond donors (Lipinski definition) is 0. The molecule has 0 aliphatic heterocycles. The highest BCUT2D eigenvalue weighted by Gasteiger charge is 2.23. The molecule has 0 aliphatic carbocycles. The third-order valence-electron chi connectivity index (χ3n) is 3.81. The van der Waals surface area contributed by atoms with E-state index in [-0.39, 0.29) is 17.5 Å². The van der Waals surface area contributed by atoms with Gasteiger partial charge in [0.25, 0.3) is 11.5 Å². The number of nitrogens with zero attached hydrogens (tertiary/aromatic N) is 3. The number of carbonyl (C=O) groups excluding carboxylic acids is 1. The lowest BCUT2D eigenvalue weighted by atomic mass is 10.0. The molecule has 0 saturated heterocycles. The van der Waals surface area contributed by atoms with Crippen molar-refractivity contribution >= 4 is 5.91 Å². The van der Waals surface area contributed by atoms with Crippen molar-refractivity contribution in [2.75, 3.05) is 6.54 Å². The molecule has 2 aromatic heterocycles. The Labute approximate surface area is 130 Å². The van der Waals surface area contributed by atoms with Gasteiger partial charge in [-0.05, 0) is 37.1 Å². The second kappa shape index (κ2) is 7.02. The molecule has 22 heavy (non-hydrogen) atoms. The van der Waals surface area contributed by atoms with Gasteiger partial charge in [0.2, 0.25) is 0 Å². The molecule has 0 unspecified atom stereocenters. The van der Waals surface area contributed by atoms with Crippen molar-refractivity contribution in [2.45, 2.75) is 26.3 Å². The third-order valence-corrected chi connectivity index (χ3v) is 3.81. The summed E-state index contributed by atoms with van der Waals surface area (Å²) in [5.41, 5.74) is 1.30. The Kier molecular flexibility index (Phi) is 5.09. The van der Waals surface area contributed by atoms with Crippen LogP contribution in [0, 0.1) is 0 Å². The Balaban J connectivity index is 2.35. The molecule has 0 fully saturated rings. The average molecular weight is 299 g/mol. The minimum absolute atomic E-state index is 0.0236. The van der Waals surface area contributed by atoms with Gasteiger partial charge < -0.3 is 9.47 Å². The molecule has 5 heteroatoms. The van der Waals surface area contributed by atoms with Gasteiger partial charge in [0.1, 0.15) is 0 Å². The quantitative estimate of drug-likeness (QED) is 0.852. The van der Waals surface area contributed by atoms with E-state index in [0.29, 0.717) is 12.1 Å². The summed E-state index contributed by atoms with van der Waals surface area (Å²) in [6, 6.07) is 6.91. The SMILES string of the molecule is CC[C@@H](c1ccncc1)N(CC)C(=O)c1ccn(C)c(=O)c1. The molecule has 0 spiro atoms. The maximum absolute atomic E-state index is 12.8. The van der Waals surface area contributed by atoms with E-state index in [0.717, 1.165) is 12.0 Å². The zero-order valence-electron chi connectivity index (χ0n) is 13.2. The molecular weight excluding hydrogens is 278 g/mol. The Morgan fingerprint density at radius 2 is 1.95 bits per heavy atom. The predicted octanol–water partition coefficient (Wildman–Crippen LogP) is 2.39. The lowest BCUT2D eigenvalue weighted by Crippen LogP contribution is -2.35. The Hall–Kier alpha value is -2.43. The number of aryl methyl sites for hydroxylation is 1. The molecule has 0 aliphatic rings. The van der Waals surface area contributed by atoms with Crippen LogP contribution in [0.2, 0.25) is 0 Å². The van der Waals surface area contributed by atoms with Crippen molar-refractivity contribution in [1.82, 2.24) is 14.5 Å². The van der Waals surface area contributed by atoms with Crippen LogP contribution in [0.1, 0.15) is 42.2 Å². The Morgan fingerprint density at radius 1 is 1.27 bits per heavy atom. The van der Waals surface area contributed by atoms with Crippen LogP contribution in [0.15, 0.2) is 47.7 Å². The first-order valence-electron chi connectivity index (χ1n) is 7.46. The molecule has 2 heterocycles. The van der Waals surface area contributed by atoms with Gasteiger partial charge in [0.05, 0.1) is 6.04 Å². The van der Waals surface area contributed by atoms with Gasteiger partial charge in [0.15, 0.2) is 0 Å². The molecule has 0 saturated carbocycles. The van der Waals surface area contributed by atoms with E-state index >= 15 is 0 Å². The highest BCUT2D eigenvalue weighted by molar-refractivity contribution is 5.94. The molecule has 5 nitrogen and oxygen atoms in total. The lowest BCUT2D eigenvalue weighted by molar-refractivity contribution is 0.0682. The minimum atomic E-state index is -0.182. The zero-order chi connectivity index (χ0) is 16.1. The summed E-state index contributed by atoms with van der Waals surface area (Å²) in [7, 11) is 1.67. The summed E-state index contributed by atoms with van der Waals surface area (Å²) in [6.07, 6.45) is 5.88. The number of carbonyl (C=O) groups is 1. The van der Waals surface area contributed by atoms with Crippen molar-refractivity contribution in [1.29, 1.82) is 0 Å². The van der Waals surface area contributed by atoms with Crippen molar-refractivity contribution < 1.29 is 4.79 Å². The summed E-state index contributed by atoms with van der Waals surface area (Å²) < 4.78 is 1.45. The summed E-state index contributed by atoms with van der Waals surface area (Å²) in [4.78, 5) is 30.3. The van der Waals surface area contributed by atoms with Crippen LogP contribution in [0.3, 0.4) is 0 Å². The Bertz CT molecular complexity index is 695. The maximum atomic E-state index is 12.8. The van der Waals surface area contributed by atoms with Crippen LogP contribution in [-0.2, 0) is 7.05 Å². The first-order valence-corrected chi connectivity index (χ1v) is 7.46. The molecule has 0 radical (unpaired) electrons. The molecule has 0 aromatic carbocycles. The van der Waals surface area contributed by atoms with E-state index in [1.54, 1.807) is 36.6 Å². The summed E-state index contributed by atoms with van der Waals surface area (Å²) in [6.45, 7) is 4.57. The fourth-order valence-corrected chi connectivity index (χ4v) is 2.57. The summed E-state index contributed by atoms with van der Waals surface area (Å²) in [5, 5.41) is 0. The highest BCUT2D eigenvalue weighted by Crippen LogP contribution is 2.25. The summed E-state index contributed by atoms with van der Waals surface area (Å²) >= 11 is 0. The maximum Gasteiger partial charge on any atom is 0.254 e.